The van der Waals surface area contributed by atoms with Crippen molar-refractivity contribution in [1.82, 2.24) is 19.7 Å². The Morgan fingerprint density at radius 2 is 2.10 bits per heavy atom. The number of fused-ring (bicyclic) bond motifs is 1. The fourth-order valence-corrected chi connectivity index (χ4v) is 2.29. The minimum absolute atomic E-state index is 0.0635. The predicted molar refractivity (Wildman–Crippen MR) is 64.0 cm³/mol. The van der Waals surface area contributed by atoms with Crippen LogP contribution in [-0.4, -0.2) is 60.0 Å². The van der Waals surface area contributed by atoms with Crippen molar-refractivity contribution in [2.75, 3.05) is 6.61 Å². The molecule has 5 N–H and O–H groups in total. The summed E-state index contributed by atoms with van der Waals surface area (Å²) in [5, 5.41) is 34.9. The average Bonchev–Trinajstić information content (AvgIpc) is 2.99. The standard InChI is InChI=1S/C10H12N4O6/c15-2-4-5(16)6(17)9(20-4)14-7-3(1-11-13-7)8(18)12-10(14)19/h1,4-6,9,15-17H,2H2,(H,11,13)(H,12,18,19)/t4-,5-,6-,9-/m0/s1. The zero-order valence-electron chi connectivity index (χ0n) is 10.1. The van der Waals surface area contributed by atoms with E-state index in [9.17, 15) is 19.8 Å². The molecular weight excluding hydrogens is 272 g/mol. The molecule has 0 unspecified atom stereocenters. The summed E-state index contributed by atoms with van der Waals surface area (Å²) in [4.78, 5) is 25.6. The van der Waals surface area contributed by atoms with E-state index in [0.717, 1.165) is 4.57 Å². The summed E-state index contributed by atoms with van der Waals surface area (Å²) in [5.74, 6) is 0. The molecule has 1 aliphatic heterocycles. The van der Waals surface area contributed by atoms with Crippen molar-refractivity contribution in [3.8, 4) is 0 Å². The largest absolute Gasteiger partial charge is 0.394 e. The van der Waals surface area contributed by atoms with Gasteiger partial charge in [0.15, 0.2) is 6.23 Å². The van der Waals surface area contributed by atoms with Gasteiger partial charge in [-0.05, 0) is 0 Å². The van der Waals surface area contributed by atoms with Gasteiger partial charge in [0.25, 0.3) is 5.56 Å². The average molecular weight is 284 g/mol. The number of aromatic amines is 2. The van der Waals surface area contributed by atoms with Gasteiger partial charge in [-0.2, -0.15) is 5.10 Å². The molecule has 0 saturated carbocycles. The molecule has 3 heterocycles. The van der Waals surface area contributed by atoms with Crippen molar-refractivity contribution >= 4 is 11.0 Å². The molecule has 0 aromatic carbocycles. The first kappa shape index (κ1) is 13.0. The molecule has 0 amide bonds. The highest BCUT2D eigenvalue weighted by atomic mass is 16.6. The topological polar surface area (TPSA) is 153 Å². The van der Waals surface area contributed by atoms with Crippen molar-refractivity contribution in [3.63, 3.8) is 0 Å². The molecule has 1 saturated heterocycles. The second-order valence-electron chi connectivity index (χ2n) is 4.49. The van der Waals surface area contributed by atoms with Crippen LogP contribution in [0.5, 0.6) is 0 Å². The Morgan fingerprint density at radius 3 is 2.75 bits per heavy atom. The number of H-pyrrole nitrogens is 2. The molecule has 2 aromatic rings. The molecule has 0 spiro atoms. The van der Waals surface area contributed by atoms with E-state index in [2.05, 4.69) is 15.2 Å². The van der Waals surface area contributed by atoms with Gasteiger partial charge in [0.1, 0.15) is 29.3 Å². The lowest BCUT2D eigenvalue weighted by molar-refractivity contribution is -0.0530. The minimum Gasteiger partial charge on any atom is -0.394 e. The van der Waals surface area contributed by atoms with Crippen LogP contribution in [0.1, 0.15) is 6.23 Å². The highest BCUT2D eigenvalue weighted by Gasteiger charge is 2.44. The molecule has 1 fully saturated rings. The van der Waals surface area contributed by atoms with Gasteiger partial charge >= 0.3 is 5.69 Å². The van der Waals surface area contributed by atoms with E-state index in [0.29, 0.717) is 0 Å². The molecular formula is C10H12N4O6. The predicted octanol–water partition coefficient (Wildman–Crippen LogP) is -2.98. The molecule has 10 heteroatoms. The van der Waals surface area contributed by atoms with Gasteiger partial charge in [-0.25, -0.2) is 9.36 Å². The molecule has 20 heavy (non-hydrogen) atoms. The third-order valence-corrected chi connectivity index (χ3v) is 3.32. The Morgan fingerprint density at radius 1 is 1.35 bits per heavy atom. The Hall–Kier alpha value is -2.01. The van der Waals surface area contributed by atoms with Crippen LogP contribution in [0.25, 0.3) is 11.0 Å². The summed E-state index contributed by atoms with van der Waals surface area (Å²) in [6.45, 7) is -0.515. The van der Waals surface area contributed by atoms with Gasteiger partial charge < -0.3 is 20.1 Å². The van der Waals surface area contributed by atoms with Crippen LogP contribution in [0.2, 0.25) is 0 Å². The zero-order valence-corrected chi connectivity index (χ0v) is 10.1. The molecule has 4 atom stereocenters. The molecule has 108 valence electrons. The monoisotopic (exact) mass is 284 g/mol. The Bertz CT molecular complexity index is 748. The van der Waals surface area contributed by atoms with E-state index in [1.807, 2.05) is 0 Å². The second-order valence-corrected chi connectivity index (χ2v) is 4.49. The van der Waals surface area contributed by atoms with E-state index in [1.54, 1.807) is 0 Å². The lowest BCUT2D eigenvalue weighted by Gasteiger charge is -2.17. The number of nitrogens with zero attached hydrogens (tertiary/aromatic N) is 2. The van der Waals surface area contributed by atoms with E-state index >= 15 is 0 Å². The van der Waals surface area contributed by atoms with Crippen LogP contribution in [-0.2, 0) is 4.74 Å². The zero-order chi connectivity index (χ0) is 14.4. The number of nitrogens with one attached hydrogen (secondary N) is 2. The number of hydrogen-bond donors (Lipinski definition) is 5. The highest BCUT2D eigenvalue weighted by molar-refractivity contribution is 5.72. The van der Waals surface area contributed by atoms with E-state index in [1.165, 1.54) is 6.20 Å². The van der Waals surface area contributed by atoms with Crippen molar-refractivity contribution in [3.05, 3.63) is 27.0 Å². The second kappa shape index (κ2) is 4.52. The Balaban J connectivity index is 2.18. The molecule has 3 rings (SSSR count). The van der Waals surface area contributed by atoms with Gasteiger partial charge in [0.2, 0.25) is 0 Å². The van der Waals surface area contributed by atoms with Crippen molar-refractivity contribution in [2.24, 2.45) is 0 Å². The smallest absolute Gasteiger partial charge is 0.332 e. The SMILES string of the molecule is O=c1[nH]c(=O)n([C@H]2O[C@@H](CO)[C@H](O)[C@@H]2O)c2[nH]ncc12. The summed E-state index contributed by atoms with van der Waals surface area (Å²) >= 11 is 0. The van der Waals surface area contributed by atoms with Gasteiger partial charge in [-0.3, -0.25) is 14.9 Å². The van der Waals surface area contributed by atoms with E-state index < -0.39 is 42.4 Å². The van der Waals surface area contributed by atoms with Crippen LogP contribution in [0.15, 0.2) is 15.8 Å². The number of rotatable bonds is 2. The summed E-state index contributed by atoms with van der Waals surface area (Å²) in [5.41, 5.74) is -1.38. The van der Waals surface area contributed by atoms with Gasteiger partial charge in [-0.1, -0.05) is 0 Å². The molecule has 0 aliphatic carbocycles. The lowest BCUT2D eigenvalue weighted by Crippen LogP contribution is -2.38. The van der Waals surface area contributed by atoms with Crippen LogP contribution in [0.4, 0.5) is 0 Å². The van der Waals surface area contributed by atoms with Gasteiger partial charge in [0.05, 0.1) is 12.8 Å². The maximum Gasteiger partial charge on any atom is 0.332 e. The molecule has 2 aromatic heterocycles. The maximum atomic E-state index is 11.9. The summed E-state index contributed by atoms with van der Waals surface area (Å²) in [7, 11) is 0. The highest BCUT2D eigenvalue weighted by Crippen LogP contribution is 2.29. The molecule has 0 radical (unpaired) electrons. The summed E-state index contributed by atoms with van der Waals surface area (Å²) in [6, 6.07) is 0. The van der Waals surface area contributed by atoms with Crippen LogP contribution in [0.3, 0.4) is 0 Å². The van der Waals surface area contributed by atoms with Crippen LogP contribution < -0.4 is 11.2 Å². The molecule has 1 aliphatic rings. The third kappa shape index (κ3) is 1.70. The fraction of sp³-hybridized carbons (Fsp3) is 0.500. The van der Waals surface area contributed by atoms with Gasteiger partial charge in [-0.15, -0.1) is 0 Å². The quantitative estimate of drug-likeness (QED) is 0.394. The third-order valence-electron chi connectivity index (χ3n) is 3.32. The van der Waals surface area contributed by atoms with Crippen molar-refractivity contribution in [1.29, 1.82) is 0 Å². The first-order valence-electron chi connectivity index (χ1n) is 5.85. The number of aliphatic hydroxyl groups excluding tert-OH is 3. The maximum absolute atomic E-state index is 11.9. The number of aliphatic hydroxyl groups is 3. The first-order valence-corrected chi connectivity index (χ1v) is 5.85. The lowest BCUT2D eigenvalue weighted by atomic mass is 10.1. The Labute approximate surface area is 110 Å². The van der Waals surface area contributed by atoms with Crippen molar-refractivity contribution in [2.45, 2.75) is 24.5 Å². The minimum atomic E-state index is -1.43. The van der Waals surface area contributed by atoms with Crippen LogP contribution >= 0.6 is 0 Å². The van der Waals surface area contributed by atoms with E-state index in [-0.39, 0.29) is 11.0 Å². The van der Waals surface area contributed by atoms with E-state index in [4.69, 9.17) is 9.84 Å². The normalized spacial score (nSPS) is 30.1. The fourth-order valence-electron chi connectivity index (χ4n) is 2.29. The number of aromatic nitrogens is 4. The van der Waals surface area contributed by atoms with Gasteiger partial charge in [0, 0.05) is 0 Å². The van der Waals surface area contributed by atoms with Crippen LogP contribution in [0, 0.1) is 0 Å². The summed E-state index contributed by atoms with van der Waals surface area (Å²) < 4.78 is 6.21. The van der Waals surface area contributed by atoms with Crippen molar-refractivity contribution < 1.29 is 20.1 Å². The molecule has 10 nitrogen and oxygen atoms in total. The number of ether oxygens (including phenoxy) is 1. The molecule has 0 bridgehead atoms. The number of hydrogen-bond acceptors (Lipinski definition) is 7. The first-order chi connectivity index (χ1) is 9.54. The summed E-state index contributed by atoms with van der Waals surface area (Å²) in [6.07, 6.45) is -3.81. The Kier molecular flexibility index (Phi) is 2.94.